The Kier molecular flexibility index (Phi) is 7.24. The number of nitrogens with one attached hydrogen (secondary N) is 2. The lowest BCUT2D eigenvalue weighted by atomic mass is 10.2. The number of anilines is 1. The number of nitrogens with zero attached hydrogens (tertiary/aromatic N) is 4. The molecule has 3 aromatic rings. The van der Waals surface area contributed by atoms with Gasteiger partial charge in [-0.1, -0.05) is 23.4 Å². The molecule has 0 spiro atoms. The van der Waals surface area contributed by atoms with Gasteiger partial charge in [-0.05, 0) is 38.1 Å². The number of carbonyl (C=O) groups excluding carboxylic acids is 2. The molecule has 1 aromatic carbocycles. The fourth-order valence-electron chi connectivity index (χ4n) is 2.42. The van der Waals surface area contributed by atoms with Gasteiger partial charge in [0.25, 0.3) is 5.91 Å². The van der Waals surface area contributed by atoms with Crippen LogP contribution in [-0.4, -0.2) is 36.8 Å². The van der Waals surface area contributed by atoms with Gasteiger partial charge >= 0.3 is 0 Å². The molecule has 1 unspecified atom stereocenters. The molecular weight excluding hydrogens is 432 g/mol. The summed E-state index contributed by atoms with van der Waals surface area (Å²) in [6.45, 7) is 4.59. The van der Waals surface area contributed by atoms with E-state index in [1.165, 1.54) is 23.1 Å². The summed E-state index contributed by atoms with van der Waals surface area (Å²) in [5.41, 5.74) is 0.513. The third-order valence-electron chi connectivity index (χ3n) is 3.94. The van der Waals surface area contributed by atoms with E-state index in [-0.39, 0.29) is 23.6 Å². The summed E-state index contributed by atoms with van der Waals surface area (Å²) in [5, 5.41) is 17.1. The highest BCUT2D eigenvalue weighted by atomic mass is 35.5. The number of thiazole rings is 1. The summed E-state index contributed by atoms with van der Waals surface area (Å²) < 4.78 is 1.87. The summed E-state index contributed by atoms with van der Waals surface area (Å²) in [5.74, 6) is 0.232. The van der Waals surface area contributed by atoms with Gasteiger partial charge in [0.15, 0.2) is 16.1 Å². The zero-order valence-corrected chi connectivity index (χ0v) is 18.1. The number of aromatic nitrogens is 4. The summed E-state index contributed by atoms with van der Waals surface area (Å²) in [7, 11) is 0. The second-order valence-corrected chi connectivity index (χ2v) is 8.56. The van der Waals surface area contributed by atoms with Crippen LogP contribution < -0.4 is 10.6 Å². The van der Waals surface area contributed by atoms with E-state index >= 15 is 0 Å². The predicted octanol–water partition coefficient (Wildman–Crippen LogP) is 3.46. The largest absolute Gasteiger partial charge is 0.345 e. The maximum absolute atomic E-state index is 12.3. The molecule has 0 aliphatic carbocycles. The molecule has 3 rings (SSSR count). The van der Waals surface area contributed by atoms with Crippen molar-refractivity contribution in [3.8, 4) is 0 Å². The van der Waals surface area contributed by atoms with Gasteiger partial charge < -0.3 is 15.2 Å². The molecule has 2 amide bonds. The number of amides is 2. The Morgan fingerprint density at radius 1 is 1.28 bits per heavy atom. The first-order chi connectivity index (χ1) is 14.0. The molecule has 1 atom stereocenters. The summed E-state index contributed by atoms with van der Waals surface area (Å²) in [6, 6.07) is 6.65. The van der Waals surface area contributed by atoms with E-state index in [2.05, 4.69) is 25.8 Å². The highest BCUT2D eigenvalue weighted by Gasteiger charge is 2.20. The molecular formula is C18H19ClN6O2S2. The zero-order valence-electron chi connectivity index (χ0n) is 15.8. The molecule has 0 aliphatic rings. The Morgan fingerprint density at radius 3 is 2.69 bits per heavy atom. The minimum atomic E-state index is -0.384. The first kappa shape index (κ1) is 21.3. The van der Waals surface area contributed by atoms with Crippen LogP contribution in [0.25, 0.3) is 0 Å². The topological polar surface area (TPSA) is 102 Å². The second-order valence-electron chi connectivity index (χ2n) is 5.92. The van der Waals surface area contributed by atoms with Gasteiger partial charge in [-0.15, -0.1) is 21.5 Å². The highest BCUT2D eigenvalue weighted by molar-refractivity contribution is 8.00. The SMILES string of the molecule is CCn1c(CNC(=O)c2ccc(Cl)cc2)nnc1SC(C)C(=O)Nc1nccs1. The van der Waals surface area contributed by atoms with E-state index in [0.29, 0.717) is 33.2 Å². The minimum absolute atomic E-state index is 0.159. The van der Waals surface area contributed by atoms with Gasteiger partial charge in [-0.3, -0.25) is 9.59 Å². The monoisotopic (exact) mass is 450 g/mol. The first-order valence-corrected chi connectivity index (χ1v) is 10.9. The van der Waals surface area contributed by atoms with Crippen LogP contribution in [0.5, 0.6) is 0 Å². The van der Waals surface area contributed by atoms with Gasteiger partial charge in [-0.2, -0.15) is 0 Å². The minimum Gasteiger partial charge on any atom is -0.345 e. The van der Waals surface area contributed by atoms with Crippen molar-refractivity contribution in [3.63, 3.8) is 0 Å². The number of rotatable bonds is 8. The lowest BCUT2D eigenvalue weighted by Crippen LogP contribution is -2.25. The molecule has 0 aliphatic heterocycles. The Morgan fingerprint density at radius 2 is 2.03 bits per heavy atom. The van der Waals surface area contributed by atoms with Crippen LogP contribution >= 0.6 is 34.7 Å². The Balaban J connectivity index is 1.61. The lowest BCUT2D eigenvalue weighted by Gasteiger charge is -2.12. The molecule has 2 heterocycles. The Labute approximate surface area is 181 Å². The van der Waals surface area contributed by atoms with Crippen molar-refractivity contribution in [2.75, 3.05) is 5.32 Å². The van der Waals surface area contributed by atoms with Crippen molar-refractivity contribution in [2.24, 2.45) is 0 Å². The fraction of sp³-hybridized carbons (Fsp3) is 0.278. The van der Waals surface area contributed by atoms with E-state index in [1.807, 2.05) is 11.5 Å². The molecule has 11 heteroatoms. The second kappa shape index (κ2) is 9.86. The van der Waals surface area contributed by atoms with Crippen LogP contribution in [0.4, 0.5) is 5.13 Å². The number of thioether (sulfide) groups is 1. The summed E-state index contributed by atoms with van der Waals surface area (Å²) in [4.78, 5) is 28.7. The number of hydrogen-bond acceptors (Lipinski definition) is 7. The lowest BCUT2D eigenvalue weighted by molar-refractivity contribution is -0.115. The summed E-state index contributed by atoms with van der Waals surface area (Å²) in [6.07, 6.45) is 1.64. The molecule has 2 N–H and O–H groups in total. The number of hydrogen-bond donors (Lipinski definition) is 2. The average Bonchev–Trinajstić information content (AvgIpc) is 3.36. The van der Waals surface area contributed by atoms with Gasteiger partial charge in [0.05, 0.1) is 11.8 Å². The van der Waals surface area contributed by atoms with Crippen molar-refractivity contribution >= 4 is 51.6 Å². The third-order valence-corrected chi connectivity index (χ3v) is 5.96. The van der Waals surface area contributed by atoms with Gasteiger partial charge in [0, 0.05) is 28.7 Å². The molecule has 0 saturated carbocycles. The van der Waals surface area contributed by atoms with Crippen molar-refractivity contribution < 1.29 is 9.59 Å². The molecule has 0 bridgehead atoms. The first-order valence-electron chi connectivity index (χ1n) is 8.80. The summed E-state index contributed by atoms with van der Waals surface area (Å²) >= 11 is 8.51. The van der Waals surface area contributed by atoms with Crippen molar-refractivity contribution in [3.05, 3.63) is 52.3 Å². The van der Waals surface area contributed by atoms with E-state index in [1.54, 1.807) is 42.8 Å². The van der Waals surface area contributed by atoms with Gasteiger partial charge in [0.2, 0.25) is 5.91 Å². The van der Waals surface area contributed by atoms with Crippen LogP contribution in [0.2, 0.25) is 5.02 Å². The van der Waals surface area contributed by atoms with E-state index in [4.69, 9.17) is 11.6 Å². The quantitative estimate of drug-likeness (QED) is 0.509. The van der Waals surface area contributed by atoms with Crippen molar-refractivity contribution in [1.29, 1.82) is 0 Å². The fourth-order valence-corrected chi connectivity index (χ4v) is 4.01. The van der Waals surface area contributed by atoms with Crippen LogP contribution in [0.3, 0.4) is 0 Å². The smallest absolute Gasteiger partial charge is 0.251 e. The van der Waals surface area contributed by atoms with E-state index in [0.717, 1.165) is 0 Å². The molecule has 152 valence electrons. The van der Waals surface area contributed by atoms with Gasteiger partial charge in [-0.25, -0.2) is 4.98 Å². The average molecular weight is 451 g/mol. The molecule has 0 radical (unpaired) electrons. The standard InChI is InChI=1S/C18H19ClN6O2S2/c1-3-25-14(10-21-16(27)12-4-6-13(19)7-5-12)23-24-18(25)29-11(2)15(26)22-17-20-8-9-28-17/h4-9,11H,3,10H2,1-2H3,(H,21,27)(H,20,22,26). The molecule has 0 fully saturated rings. The van der Waals surface area contributed by atoms with Gasteiger partial charge in [0.1, 0.15) is 0 Å². The van der Waals surface area contributed by atoms with Crippen LogP contribution in [-0.2, 0) is 17.9 Å². The van der Waals surface area contributed by atoms with Crippen molar-refractivity contribution in [2.45, 2.75) is 37.3 Å². The van der Waals surface area contributed by atoms with Crippen LogP contribution in [0.15, 0.2) is 41.0 Å². The van der Waals surface area contributed by atoms with Crippen molar-refractivity contribution in [1.82, 2.24) is 25.1 Å². The molecule has 2 aromatic heterocycles. The Bertz CT molecular complexity index is 975. The van der Waals surface area contributed by atoms with Crippen LogP contribution in [0.1, 0.15) is 30.0 Å². The molecule has 29 heavy (non-hydrogen) atoms. The maximum Gasteiger partial charge on any atom is 0.251 e. The zero-order chi connectivity index (χ0) is 20.8. The highest BCUT2D eigenvalue weighted by Crippen LogP contribution is 2.24. The van der Waals surface area contributed by atoms with E-state index < -0.39 is 0 Å². The molecule has 8 nitrogen and oxygen atoms in total. The van der Waals surface area contributed by atoms with Crippen LogP contribution in [0, 0.1) is 0 Å². The molecule has 0 saturated heterocycles. The Hall–Kier alpha value is -2.43. The number of carbonyl (C=O) groups is 2. The maximum atomic E-state index is 12.3. The number of benzene rings is 1. The van der Waals surface area contributed by atoms with E-state index in [9.17, 15) is 9.59 Å². The third kappa shape index (κ3) is 5.55. The number of halogens is 1. The normalized spacial score (nSPS) is 11.8. The predicted molar refractivity (Wildman–Crippen MR) is 114 cm³/mol.